The molecule has 1 atom stereocenters. The summed E-state index contributed by atoms with van der Waals surface area (Å²) < 4.78 is 6.36. The number of aliphatic hydroxyl groups is 1. The van der Waals surface area contributed by atoms with E-state index in [1.54, 1.807) is 13.8 Å². The van der Waals surface area contributed by atoms with Gasteiger partial charge in [-0.15, -0.1) is 0 Å². The normalized spacial score (nSPS) is 12.8. The van der Waals surface area contributed by atoms with Gasteiger partial charge < -0.3 is 9.63 Å². The summed E-state index contributed by atoms with van der Waals surface area (Å²) in [6, 6.07) is 10.0. The second-order valence-electron chi connectivity index (χ2n) is 6.37. The number of aryl methyl sites for hydroxylation is 2. The van der Waals surface area contributed by atoms with Crippen molar-refractivity contribution in [3.05, 3.63) is 57.7 Å². The van der Waals surface area contributed by atoms with E-state index in [1.807, 2.05) is 42.3 Å². The van der Waals surface area contributed by atoms with Crippen LogP contribution in [0, 0.1) is 13.8 Å². The monoisotopic (exact) mass is 342 g/mol. The zero-order valence-electron chi connectivity index (χ0n) is 14.6. The van der Waals surface area contributed by atoms with Crippen LogP contribution in [0.4, 0.5) is 0 Å². The minimum Gasteiger partial charge on any atom is -0.390 e. The van der Waals surface area contributed by atoms with Crippen molar-refractivity contribution in [3.8, 4) is 0 Å². The van der Waals surface area contributed by atoms with E-state index in [9.17, 15) is 9.90 Å². The minimum absolute atomic E-state index is 0.112. The van der Waals surface area contributed by atoms with E-state index in [4.69, 9.17) is 4.52 Å². The Labute approximate surface area is 145 Å². The summed E-state index contributed by atoms with van der Waals surface area (Å²) >= 11 is 0. The second kappa shape index (κ2) is 7.16. The summed E-state index contributed by atoms with van der Waals surface area (Å²) in [7, 11) is 1.93. The molecule has 3 rings (SSSR count). The van der Waals surface area contributed by atoms with Gasteiger partial charge in [-0.2, -0.15) is 5.10 Å². The number of fused-ring (bicyclic) bond motifs is 1. The summed E-state index contributed by atoms with van der Waals surface area (Å²) in [6.07, 6.45) is -0.719. The SMILES string of the molecule is Cc1nn(C[C@@H](O)CN(C)Cc2ccccc2)c(=O)c2noc(C)c12. The van der Waals surface area contributed by atoms with Gasteiger partial charge in [-0.1, -0.05) is 35.5 Å². The van der Waals surface area contributed by atoms with Gasteiger partial charge in [0, 0.05) is 13.1 Å². The van der Waals surface area contributed by atoms with Crippen molar-refractivity contribution in [1.29, 1.82) is 0 Å². The highest BCUT2D eigenvalue weighted by Gasteiger charge is 2.17. The fraction of sp³-hybridized carbons (Fsp3) is 0.389. The first-order valence-corrected chi connectivity index (χ1v) is 8.20. The third-order valence-electron chi connectivity index (χ3n) is 4.13. The molecule has 0 radical (unpaired) electrons. The number of hydrogen-bond acceptors (Lipinski definition) is 6. The van der Waals surface area contributed by atoms with Crippen molar-refractivity contribution in [2.75, 3.05) is 13.6 Å². The molecule has 0 fully saturated rings. The highest BCUT2D eigenvalue weighted by atomic mass is 16.5. The summed E-state index contributed by atoms with van der Waals surface area (Å²) in [5.74, 6) is 0.576. The molecule has 0 bridgehead atoms. The van der Waals surface area contributed by atoms with E-state index >= 15 is 0 Å². The molecule has 7 nitrogen and oxygen atoms in total. The van der Waals surface area contributed by atoms with Crippen molar-refractivity contribution < 1.29 is 9.63 Å². The molecule has 0 saturated carbocycles. The fourth-order valence-electron chi connectivity index (χ4n) is 3.04. The van der Waals surface area contributed by atoms with E-state index < -0.39 is 6.10 Å². The first kappa shape index (κ1) is 17.3. The maximum atomic E-state index is 12.5. The number of nitrogens with zero attached hydrogens (tertiary/aromatic N) is 4. The maximum absolute atomic E-state index is 12.5. The molecule has 1 aromatic carbocycles. The molecule has 0 aliphatic carbocycles. The lowest BCUT2D eigenvalue weighted by Gasteiger charge is -2.21. The van der Waals surface area contributed by atoms with E-state index in [1.165, 1.54) is 10.2 Å². The highest BCUT2D eigenvalue weighted by Crippen LogP contribution is 2.16. The van der Waals surface area contributed by atoms with E-state index in [-0.39, 0.29) is 17.6 Å². The van der Waals surface area contributed by atoms with Crippen LogP contribution in [0.1, 0.15) is 17.0 Å². The molecular formula is C18H22N4O3. The molecule has 0 saturated heterocycles. The first-order valence-electron chi connectivity index (χ1n) is 8.20. The molecule has 1 N–H and O–H groups in total. The van der Waals surface area contributed by atoms with Crippen molar-refractivity contribution >= 4 is 10.9 Å². The number of aliphatic hydroxyl groups excluding tert-OH is 1. The van der Waals surface area contributed by atoms with Gasteiger partial charge in [0.25, 0.3) is 5.56 Å². The Hall–Kier alpha value is -2.51. The van der Waals surface area contributed by atoms with Crippen LogP contribution in [0.25, 0.3) is 10.9 Å². The Morgan fingerprint density at radius 3 is 2.72 bits per heavy atom. The van der Waals surface area contributed by atoms with E-state index in [0.717, 1.165) is 6.54 Å². The molecule has 25 heavy (non-hydrogen) atoms. The van der Waals surface area contributed by atoms with Crippen LogP contribution >= 0.6 is 0 Å². The fourth-order valence-corrected chi connectivity index (χ4v) is 3.04. The van der Waals surface area contributed by atoms with Crippen molar-refractivity contribution in [3.63, 3.8) is 0 Å². The third kappa shape index (κ3) is 3.78. The van der Waals surface area contributed by atoms with Gasteiger partial charge in [0.05, 0.1) is 23.7 Å². The van der Waals surface area contributed by atoms with Crippen LogP contribution in [0.2, 0.25) is 0 Å². The zero-order valence-corrected chi connectivity index (χ0v) is 14.6. The molecule has 2 aromatic heterocycles. The maximum Gasteiger partial charge on any atom is 0.296 e. The molecular weight excluding hydrogens is 320 g/mol. The summed E-state index contributed by atoms with van der Waals surface area (Å²) in [5.41, 5.74) is 1.75. The smallest absolute Gasteiger partial charge is 0.296 e. The summed E-state index contributed by atoms with van der Waals surface area (Å²) in [5, 5.41) is 19.1. The minimum atomic E-state index is -0.719. The van der Waals surface area contributed by atoms with Gasteiger partial charge in [-0.05, 0) is 26.5 Å². The Balaban J connectivity index is 1.70. The topological polar surface area (TPSA) is 84.4 Å². The van der Waals surface area contributed by atoms with Gasteiger partial charge >= 0.3 is 0 Å². The Kier molecular flexibility index (Phi) is 4.96. The lowest BCUT2D eigenvalue weighted by atomic mass is 10.2. The van der Waals surface area contributed by atoms with Crippen molar-refractivity contribution in [1.82, 2.24) is 19.8 Å². The number of benzene rings is 1. The molecule has 2 heterocycles. The van der Waals surface area contributed by atoms with E-state index in [2.05, 4.69) is 10.3 Å². The van der Waals surface area contributed by atoms with Crippen LogP contribution in [0.5, 0.6) is 0 Å². The Morgan fingerprint density at radius 1 is 1.28 bits per heavy atom. The molecule has 0 amide bonds. The number of hydrogen-bond donors (Lipinski definition) is 1. The average Bonchev–Trinajstić information content (AvgIpc) is 2.95. The molecule has 0 spiro atoms. The predicted octanol–water partition coefficient (Wildman–Crippen LogP) is 1.49. The zero-order chi connectivity index (χ0) is 18.0. The van der Waals surface area contributed by atoms with Gasteiger partial charge in [0.1, 0.15) is 5.76 Å². The number of rotatable bonds is 6. The molecule has 7 heteroatoms. The number of likely N-dealkylation sites (N-methyl/N-ethyl adjacent to an activating group) is 1. The first-order chi connectivity index (χ1) is 12.0. The average molecular weight is 342 g/mol. The van der Waals surface area contributed by atoms with Crippen LogP contribution in [-0.4, -0.2) is 44.6 Å². The molecule has 0 aliphatic rings. The van der Waals surface area contributed by atoms with Gasteiger partial charge in [0.2, 0.25) is 0 Å². The molecule has 132 valence electrons. The predicted molar refractivity (Wildman–Crippen MR) is 94.3 cm³/mol. The number of aromatic nitrogens is 3. The lowest BCUT2D eigenvalue weighted by molar-refractivity contribution is 0.102. The van der Waals surface area contributed by atoms with Gasteiger partial charge in [0.15, 0.2) is 5.52 Å². The Morgan fingerprint density at radius 2 is 2.00 bits per heavy atom. The second-order valence-corrected chi connectivity index (χ2v) is 6.37. The molecule has 0 aliphatic heterocycles. The third-order valence-corrected chi connectivity index (χ3v) is 4.13. The van der Waals surface area contributed by atoms with Crippen LogP contribution in [-0.2, 0) is 13.1 Å². The van der Waals surface area contributed by atoms with Crippen LogP contribution in [0.3, 0.4) is 0 Å². The summed E-state index contributed by atoms with van der Waals surface area (Å²) in [6.45, 7) is 4.82. The quantitative estimate of drug-likeness (QED) is 0.731. The standard InChI is InChI=1S/C18H22N4O3/c1-12-16-13(2)25-20-17(16)18(24)22(19-12)11-15(23)10-21(3)9-14-7-5-4-6-8-14/h4-8,15,23H,9-11H2,1-3H3/t15-/m0/s1. The molecule has 0 unspecified atom stereocenters. The van der Waals surface area contributed by atoms with Crippen LogP contribution in [0.15, 0.2) is 39.6 Å². The van der Waals surface area contributed by atoms with Crippen LogP contribution < -0.4 is 5.56 Å². The lowest BCUT2D eigenvalue weighted by Crippen LogP contribution is -2.36. The van der Waals surface area contributed by atoms with Crippen molar-refractivity contribution in [2.45, 2.75) is 33.0 Å². The molecule has 3 aromatic rings. The van der Waals surface area contributed by atoms with Gasteiger partial charge in [-0.25, -0.2) is 4.68 Å². The highest BCUT2D eigenvalue weighted by molar-refractivity contribution is 5.81. The van der Waals surface area contributed by atoms with Crippen molar-refractivity contribution in [2.24, 2.45) is 0 Å². The van der Waals surface area contributed by atoms with E-state index in [0.29, 0.717) is 23.4 Å². The Bertz CT molecular complexity index is 917. The summed E-state index contributed by atoms with van der Waals surface area (Å²) in [4.78, 5) is 14.5. The van der Waals surface area contributed by atoms with Gasteiger partial charge in [-0.3, -0.25) is 9.69 Å². The largest absolute Gasteiger partial charge is 0.390 e.